The summed E-state index contributed by atoms with van der Waals surface area (Å²) in [6.07, 6.45) is 20.6. The molecule has 0 heteroatoms. The molecule has 2 aromatic carbocycles. The maximum Gasteiger partial charge on any atom is -0.0112 e. The number of aryl methyl sites for hydroxylation is 5. The molecule has 26 heavy (non-hydrogen) atoms. The van der Waals surface area contributed by atoms with Crippen molar-refractivity contribution in [1.29, 1.82) is 0 Å². The Morgan fingerprint density at radius 1 is 0.654 bits per heavy atom. The summed E-state index contributed by atoms with van der Waals surface area (Å²) >= 11 is 0. The lowest BCUT2D eigenvalue weighted by Gasteiger charge is -2.27. The Labute approximate surface area is 160 Å². The minimum absolute atomic E-state index is 1.29. The first-order valence-electron chi connectivity index (χ1n) is 11.5. The van der Waals surface area contributed by atoms with Gasteiger partial charge in [0.25, 0.3) is 0 Å². The topological polar surface area (TPSA) is 0 Å². The smallest absolute Gasteiger partial charge is 0.0112 e. The Hall–Kier alpha value is -1.30. The lowest BCUT2D eigenvalue weighted by atomic mass is 9.78. The fourth-order valence-corrected chi connectivity index (χ4v) is 5.43. The lowest BCUT2D eigenvalue weighted by Crippen LogP contribution is -2.11. The monoisotopic (exact) mass is 348 g/mol. The van der Waals surface area contributed by atoms with Gasteiger partial charge >= 0.3 is 0 Å². The van der Waals surface area contributed by atoms with Gasteiger partial charge in [0.2, 0.25) is 0 Å². The first-order chi connectivity index (χ1) is 12.9. The van der Waals surface area contributed by atoms with Crippen LogP contribution in [0.2, 0.25) is 0 Å². The third-order valence-electron chi connectivity index (χ3n) is 6.80. The van der Waals surface area contributed by atoms with E-state index in [0.717, 1.165) is 0 Å². The van der Waals surface area contributed by atoms with Crippen LogP contribution in [0.4, 0.5) is 0 Å². The van der Waals surface area contributed by atoms with Gasteiger partial charge in [-0.1, -0.05) is 70.1 Å². The molecule has 2 aromatic rings. The molecule has 0 nitrogen and oxygen atoms in total. The summed E-state index contributed by atoms with van der Waals surface area (Å²) in [7, 11) is 0. The largest absolute Gasteiger partial charge is 0.0654 e. The second kappa shape index (κ2) is 8.59. The van der Waals surface area contributed by atoms with Crippen molar-refractivity contribution in [3.05, 3.63) is 46.0 Å². The molecule has 0 spiro atoms. The molecule has 2 aliphatic carbocycles. The highest BCUT2D eigenvalue weighted by atomic mass is 14.3. The van der Waals surface area contributed by atoms with Crippen LogP contribution < -0.4 is 0 Å². The van der Waals surface area contributed by atoms with Crippen molar-refractivity contribution < 1.29 is 0 Å². The van der Waals surface area contributed by atoms with Crippen molar-refractivity contribution in [2.45, 2.75) is 103 Å². The van der Waals surface area contributed by atoms with E-state index in [1.807, 2.05) is 0 Å². The number of unbranched alkanes of at least 4 members (excludes halogenated alkanes) is 7. The van der Waals surface area contributed by atoms with E-state index in [1.165, 1.54) is 96.3 Å². The number of rotatable bonds is 9. The van der Waals surface area contributed by atoms with Crippen LogP contribution in [0.5, 0.6) is 0 Å². The molecule has 0 aromatic heterocycles. The van der Waals surface area contributed by atoms with E-state index < -0.39 is 0 Å². The Balaban J connectivity index is 1.46. The molecule has 140 valence electrons. The number of benzene rings is 2. The molecule has 0 atom stereocenters. The Bertz CT molecular complexity index is 752. The second-order valence-electron chi connectivity index (χ2n) is 8.74. The Morgan fingerprint density at radius 2 is 1.27 bits per heavy atom. The number of hydrogen-bond donors (Lipinski definition) is 0. The Morgan fingerprint density at radius 3 is 2.04 bits per heavy atom. The molecule has 0 amide bonds. The summed E-state index contributed by atoms with van der Waals surface area (Å²) in [5.74, 6) is 0. The normalized spacial score (nSPS) is 15.6. The molecule has 0 N–H and O–H groups in total. The van der Waals surface area contributed by atoms with Gasteiger partial charge < -0.3 is 0 Å². The average Bonchev–Trinajstić information content (AvgIpc) is 2.68. The number of hydrogen-bond acceptors (Lipinski definition) is 0. The fourth-order valence-electron chi connectivity index (χ4n) is 5.43. The van der Waals surface area contributed by atoms with Crippen LogP contribution in [0.15, 0.2) is 18.2 Å². The van der Waals surface area contributed by atoms with Crippen molar-refractivity contribution in [3.63, 3.8) is 0 Å². The van der Waals surface area contributed by atoms with Crippen LogP contribution in [0.25, 0.3) is 10.8 Å². The Kier molecular flexibility index (Phi) is 5.98. The van der Waals surface area contributed by atoms with Crippen molar-refractivity contribution in [1.82, 2.24) is 0 Å². The average molecular weight is 349 g/mol. The van der Waals surface area contributed by atoms with Gasteiger partial charge in [0, 0.05) is 0 Å². The van der Waals surface area contributed by atoms with E-state index in [-0.39, 0.29) is 0 Å². The van der Waals surface area contributed by atoms with Gasteiger partial charge in [0.15, 0.2) is 0 Å². The third-order valence-corrected chi connectivity index (χ3v) is 6.80. The maximum absolute atomic E-state index is 2.62. The molecule has 0 saturated carbocycles. The SMILES string of the molecule is CCCCCCCCCCc1cc2c3c(ccc4c3c1CCC4)CCC2. The first kappa shape index (κ1) is 18.1. The van der Waals surface area contributed by atoms with Crippen molar-refractivity contribution in [3.8, 4) is 0 Å². The van der Waals surface area contributed by atoms with Gasteiger partial charge in [-0.3, -0.25) is 0 Å². The second-order valence-corrected chi connectivity index (χ2v) is 8.74. The fraction of sp³-hybridized carbons (Fsp3) is 0.615. The molecule has 0 saturated heterocycles. The maximum atomic E-state index is 2.62. The van der Waals surface area contributed by atoms with E-state index in [2.05, 4.69) is 25.1 Å². The predicted molar refractivity (Wildman–Crippen MR) is 114 cm³/mol. The zero-order chi connectivity index (χ0) is 17.8. The van der Waals surface area contributed by atoms with Crippen LogP contribution in [0.1, 0.15) is 98.9 Å². The molecular formula is C26H36. The molecule has 0 bridgehead atoms. The van der Waals surface area contributed by atoms with Crippen molar-refractivity contribution >= 4 is 10.8 Å². The van der Waals surface area contributed by atoms with Gasteiger partial charge in [-0.2, -0.15) is 0 Å². The van der Waals surface area contributed by atoms with Gasteiger partial charge in [-0.25, -0.2) is 0 Å². The van der Waals surface area contributed by atoms with Crippen LogP contribution >= 0.6 is 0 Å². The van der Waals surface area contributed by atoms with Crippen LogP contribution in [-0.2, 0) is 32.1 Å². The summed E-state index contributed by atoms with van der Waals surface area (Å²) in [4.78, 5) is 0. The zero-order valence-corrected chi connectivity index (χ0v) is 16.8. The molecule has 0 unspecified atom stereocenters. The molecule has 0 fully saturated rings. The van der Waals surface area contributed by atoms with E-state index in [1.54, 1.807) is 38.6 Å². The molecule has 0 aliphatic heterocycles. The van der Waals surface area contributed by atoms with Crippen LogP contribution in [0.3, 0.4) is 0 Å². The van der Waals surface area contributed by atoms with E-state index in [4.69, 9.17) is 0 Å². The highest BCUT2D eigenvalue weighted by molar-refractivity contribution is 5.96. The van der Waals surface area contributed by atoms with Crippen LogP contribution in [0, 0.1) is 0 Å². The lowest BCUT2D eigenvalue weighted by molar-refractivity contribution is 0.575. The summed E-state index contributed by atoms with van der Waals surface area (Å²) in [6, 6.07) is 7.51. The summed E-state index contributed by atoms with van der Waals surface area (Å²) < 4.78 is 0. The third kappa shape index (κ3) is 3.71. The predicted octanol–water partition coefficient (Wildman–Crippen LogP) is 7.50. The van der Waals surface area contributed by atoms with Gasteiger partial charge in [-0.15, -0.1) is 0 Å². The van der Waals surface area contributed by atoms with E-state index in [0.29, 0.717) is 0 Å². The quantitative estimate of drug-likeness (QED) is 0.411. The standard InChI is InChI=1S/C26H36/c1-2-3-4-5-6-7-8-9-12-22-19-23-15-10-13-20-17-18-21-14-11-16-24(22)26(21)25(20)23/h17-19H,2-16H2,1H3. The molecule has 0 heterocycles. The van der Waals surface area contributed by atoms with Gasteiger partial charge in [0.1, 0.15) is 0 Å². The minimum Gasteiger partial charge on any atom is -0.0654 e. The van der Waals surface area contributed by atoms with E-state index >= 15 is 0 Å². The zero-order valence-electron chi connectivity index (χ0n) is 16.8. The summed E-state index contributed by atoms with van der Waals surface area (Å²) in [6.45, 7) is 2.30. The molecule has 0 radical (unpaired) electrons. The van der Waals surface area contributed by atoms with Gasteiger partial charge in [-0.05, 0) is 90.0 Å². The van der Waals surface area contributed by atoms with Gasteiger partial charge in [0.05, 0.1) is 0 Å². The summed E-state index contributed by atoms with van der Waals surface area (Å²) in [5, 5.41) is 3.36. The molecule has 4 rings (SSSR count). The van der Waals surface area contributed by atoms with Crippen LogP contribution in [-0.4, -0.2) is 0 Å². The highest BCUT2D eigenvalue weighted by Gasteiger charge is 2.22. The van der Waals surface area contributed by atoms with Crippen molar-refractivity contribution in [2.75, 3.05) is 0 Å². The summed E-state index contributed by atoms with van der Waals surface area (Å²) in [5.41, 5.74) is 8.39. The van der Waals surface area contributed by atoms with E-state index in [9.17, 15) is 0 Å². The first-order valence-corrected chi connectivity index (χ1v) is 11.5. The minimum atomic E-state index is 1.29. The van der Waals surface area contributed by atoms with Crippen molar-refractivity contribution in [2.24, 2.45) is 0 Å². The highest BCUT2D eigenvalue weighted by Crippen LogP contribution is 2.39. The molecule has 2 aliphatic rings. The molecular weight excluding hydrogens is 312 g/mol.